The van der Waals surface area contributed by atoms with Crippen molar-refractivity contribution in [2.24, 2.45) is 4.99 Å². The molecule has 0 spiro atoms. The summed E-state index contributed by atoms with van der Waals surface area (Å²) >= 11 is 3.69. The monoisotopic (exact) mass is 475 g/mol. The van der Waals surface area contributed by atoms with Crippen LogP contribution in [0.4, 0.5) is 0 Å². The largest absolute Gasteiger partial charge is 0.356 e. The first kappa shape index (κ1) is 17.8. The van der Waals surface area contributed by atoms with Gasteiger partial charge >= 0.3 is 0 Å². The van der Waals surface area contributed by atoms with Gasteiger partial charge in [-0.2, -0.15) is 0 Å². The van der Waals surface area contributed by atoms with Gasteiger partial charge in [0.2, 0.25) is 0 Å². The molecule has 0 aromatic heterocycles. The minimum Gasteiger partial charge on any atom is -0.356 e. The zero-order valence-electron chi connectivity index (χ0n) is 12.8. The average Bonchev–Trinajstić information content (AvgIpc) is 3.11. The Labute approximate surface area is 158 Å². The van der Waals surface area contributed by atoms with Crippen LogP contribution < -0.4 is 10.6 Å². The van der Waals surface area contributed by atoms with Crippen molar-refractivity contribution >= 4 is 45.9 Å². The predicted octanol–water partition coefficient (Wildman–Crippen LogP) is 3.98. The molecular weight excluding hydrogens is 453 g/mol. The lowest BCUT2D eigenvalue weighted by Gasteiger charge is -2.22. The second kappa shape index (κ2) is 7.81. The van der Waals surface area contributed by atoms with Gasteiger partial charge in [0, 0.05) is 29.5 Å². The van der Waals surface area contributed by atoms with Crippen LogP contribution >= 0.6 is 39.9 Å². The molecule has 1 aromatic carbocycles. The fourth-order valence-corrected chi connectivity index (χ4v) is 3.66. The van der Waals surface area contributed by atoms with Gasteiger partial charge in [-0.15, -0.1) is 24.0 Å². The Balaban J connectivity index is 0.00000176. The third kappa shape index (κ3) is 4.04. The smallest absolute Gasteiger partial charge is 0.191 e. The van der Waals surface area contributed by atoms with E-state index >= 15 is 0 Å². The molecule has 1 saturated carbocycles. The van der Waals surface area contributed by atoms with E-state index in [0.29, 0.717) is 6.04 Å². The fraction of sp³-hybridized carbons (Fsp3) is 0.471. The minimum absolute atomic E-state index is 0. The molecule has 120 valence electrons. The van der Waals surface area contributed by atoms with Gasteiger partial charge in [-0.1, -0.05) is 46.3 Å². The Morgan fingerprint density at radius 1 is 1.27 bits per heavy atom. The second-order valence-electron chi connectivity index (χ2n) is 5.97. The molecule has 3 rings (SSSR count). The summed E-state index contributed by atoms with van der Waals surface area (Å²) < 4.78 is 1.22. The first-order valence-electron chi connectivity index (χ1n) is 7.61. The summed E-state index contributed by atoms with van der Waals surface area (Å²) in [4.78, 5) is 4.35. The van der Waals surface area contributed by atoms with Gasteiger partial charge in [0.05, 0.1) is 0 Å². The molecule has 5 heteroatoms. The van der Waals surface area contributed by atoms with Gasteiger partial charge in [-0.05, 0) is 37.3 Å². The van der Waals surface area contributed by atoms with E-state index in [1.807, 2.05) is 7.05 Å². The lowest BCUT2D eigenvalue weighted by atomic mass is 9.96. The van der Waals surface area contributed by atoms with Crippen LogP contribution in [0.15, 0.2) is 45.9 Å². The van der Waals surface area contributed by atoms with Gasteiger partial charge in [0.15, 0.2) is 5.96 Å². The number of nitrogens with one attached hydrogen (secondary N) is 2. The summed E-state index contributed by atoms with van der Waals surface area (Å²) in [5.74, 6) is 0.919. The van der Waals surface area contributed by atoms with Crippen LogP contribution in [0, 0.1) is 0 Å². The van der Waals surface area contributed by atoms with Crippen molar-refractivity contribution in [2.45, 2.75) is 37.1 Å². The van der Waals surface area contributed by atoms with E-state index in [1.54, 1.807) is 0 Å². The van der Waals surface area contributed by atoms with Crippen LogP contribution in [0.2, 0.25) is 0 Å². The van der Waals surface area contributed by atoms with Crippen LogP contribution in [0.25, 0.3) is 0 Å². The maximum atomic E-state index is 4.35. The highest BCUT2D eigenvalue weighted by molar-refractivity contribution is 14.0. The third-order valence-corrected chi connectivity index (χ3v) is 5.16. The molecule has 2 aliphatic rings. The summed E-state index contributed by atoms with van der Waals surface area (Å²) in [6.45, 7) is 0.940. The quantitative estimate of drug-likeness (QED) is 0.299. The van der Waals surface area contributed by atoms with E-state index in [-0.39, 0.29) is 29.4 Å². The van der Waals surface area contributed by atoms with Crippen LogP contribution in [-0.4, -0.2) is 25.6 Å². The predicted molar refractivity (Wildman–Crippen MR) is 107 cm³/mol. The number of benzene rings is 1. The zero-order valence-corrected chi connectivity index (χ0v) is 16.7. The van der Waals surface area contributed by atoms with Crippen molar-refractivity contribution in [3.8, 4) is 0 Å². The van der Waals surface area contributed by atoms with Crippen molar-refractivity contribution in [2.75, 3.05) is 13.6 Å². The van der Waals surface area contributed by atoms with E-state index < -0.39 is 0 Å². The SMILES string of the molecule is CN=C(NCC1(c2ccccc2Br)CC1)NC1CC=CC1.I. The van der Waals surface area contributed by atoms with Gasteiger partial charge in [-0.25, -0.2) is 0 Å². The number of aliphatic imine (C=N–C) groups is 1. The second-order valence-corrected chi connectivity index (χ2v) is 6.82. The van der Waals surface area contributed by atoms with E-state index in [9.17, 15) is 0 Å². The number of guanidine groups is 1. The van der Waals surface area contributed by atoms with E-state index in [2.05, 4.69) is 68.0 Å². The number of nitrogens with zero attached hydrogens (tertiary/aromatic N) is 1. The van der Waals surface area contributed by atoms with Crippen LogP contribution in [0.3, 0.4) is 0 Å². The molecular formula is C17H23BrIN3. The van der Waals surface area contributed by atoms with E-state index in [4.69, 9.17) is 0 Å². The Bertz CT molecular complexity index is 559. The fourth-order valence-electron chi connectivity index (χ4n) is 2.96. The highest BCUT2D eigenvalue weighted by Crippen LogP contribution is 2.49. The molecule has 0 atom stereocenters. The Morgan fingerprint density at radius 3 is 2.55 bits per heavy atom. The van der Waals surface area contributed by atoms with Crippen molar-refractivity contribution in [3.05, 3.63) is 46.5 Å². The highest BCUT2D eigenvalue weighted by Gasteiger charge is 2.45. The molecule has 2 aliphatic carbocycles. The lowest BCUT2D eigenvalue weighted by molar-refractivity contribution is 0.604. The summed E-state index contributed by atoms with van der Waals surface area (Å²) in [6.07, 6.45) is 9.13. The molecule has 3 nitrogen and oxygen atoms in total. The molecule has 0 radical (unpaired) electrons. The molecule has 0 heterocycles. The average molecular weight is 476 g/mol. The lowest BCUT2D eigenvalue weighted by Crippen LogP contribution is -2.45. The molecule has 1 aromatic rings. The maximum Gasteiger partial charge on any atom is 0.191 e. The topological polar surface area (TPSA) is 36.4 Å². The summed E-state index contributed by atoms with van der Waals surface area (Å²) in [6, 6.07) is 9.06. The van der Waals surface area contributed by atoms with Crippen LogP contribution in [0.5, 0.6) is 0 Å². The van der Waals surface area contributed by atoms with Crippen molar-refractivity contribution in [1.29, 1.82) is 0 Å². The molecule has 0 aliphatic heterocycles. The first-order chi connectivity index (χ1) is 10.2. The summed E-state index contributed by atoms with van der Waals surface area (Å²) in [7, 11) is 1.84. The van der Waals surface area contributed by atoms with Crippen LogP contribution in [-0.2, 0) is 5.41 Å². The molecule has 0 bridgehead atoms. The zero-order chi connectivity index (χ0) is 14.7. The molecule has 0 saturated heterocycles. The summed E-state index contributed by atoms with van der Waals surface area (Å²) in [5, 5.41) is 7.01. The Hall–Kier alpha value is -0.560. The first-order valence-corrected chi connectivity index (χ1v) is 8.40. The number of hydrogen-bond acceptors (Lipinski definition) is 1. The van der Waals surface area contributed by atoms with Gasteiger partial charge in [0.1, 0.15) is 0 Å². The number of hydrogen-bond donors (Lipinski definition) is 2. The Kier molecular flexibility index (Phi) is 6.32. The maximum absolute atomic E-state index is 4.35. The number of halogens is 2. The minimum atomic E-state index is 0. The van der Waals surface area contributed by atoms with Crippen molar-refractivity contribution < 1.29 is 0 Å². The molecule has 0 unspecified atom stereocenters. The summed E-state index contributed by atoms with van der Waals surface area (Å²) in [5.41, 5.74) is 1.68. The van der Waals surface area contributed by atoms with Crippen molar-refractivity contribution in [1.82, 2.24) is 10.6 Å². The third-order valence-electron chi connectivity index (χ3n) is 4.47. The van der Waals surface area contributed by atoms with Gasteiger partial charge < -0.3 is 10.6 Å². The Morgan fingerprint density at radius 2 is 1.95 bits per heavy atom. The van der Waals surface area contributed by atoms with Gasteiger partial charge in [0.25, 0.3) is 0 Å². The highest BCUT2D eigenvalue weighted by atomic mass is 127. The molecule has 2 N–H and O–H groups in total. The van der Waals surface area contributed by atoms with Gasteiger partial charge in [-0.3, -0.25) is 4.99 Å². The van der Waals surface area contributed by atoms with E-state index in [1.165, 1.54) is 22.9 Å². The van der Waals surface area contributed by atoms with E-state index in [0.717, 1.165) is 25.3 Å². The normalized spacial score (nSPS) is 19.6. The molecule has 22 heavy (non-hydrogen) atoms. The molecule has 1 fully saturated rings. The number of rotatable bonds is 4. The van der Waals surface area contributed by atoms with Crippen LogP contribution in [0.1, 0.15) is 31.2 Å². The molecule has 0 amide bonds. The standard InChI is InChI=1S/C17H22BrN3.HI/c1-19-16(21-13-6-2-3-7-13)20-12-17(10-11-17)14-8-4-5-9-15(14)18;/h2-5,8-9,13H,6-7,10-12H2,1H3,(H2,19,20,21);1H. The van der Waals surface area contributed by atoms with Crippen molar-refractivity contribution in [3.63, 3.8) is 0 Å².